The van der Waals surface area contributed by atoms with E-state index in [1.54, 1.807) is 6.92 Å². The van der Waals surface area contributed by atoms with Crippen LogP contribution in [0, 0.1) is 35.5 Å². The van der Waals surface area contributed by atoms with Gasteiger partial charge in [0.05, 0.1) is 35.1 Å². The lowest BCUT2D eigenvalue weighted by molar-refractivity contribution is -0.139. The highest BCUT2D eigenvalue weighted by Gasteiger charge is 2.40. The van der Waals surface area contributed by atoms with Crippen molar-refractivity contribution in [1.29, 1.82) is 10.5 Å². The SMILES string of the molecule is CCOC(=O)CSC1=C(C#N)[C@@H](c2ccccc2C)[C@@H](C#N)C(=O)N1. The van der Waals surface area contributed by atoms with Crippen molar-refractivity contribution in [3.8, 4) is 12.1 Å². The second-order valence-electron chi connectivity index (χ2n) is 5.38. The molecule has 6 nitrogen and oxygen atoms in total. The molecule has 1 aromatic rings. The first-order chi connectivity index (χ1) is 12.0. The molecule has 0 unspecified atom stereocenters. The maximum absolute atomic E-state index is 12.4. The number of carbonyl (C=O) groups excluding carboxylic acids is 2. The van der Waals surface area contributed by atoms with E-state index in [0.717, 1.165) is 22.9 Å². The first kappa shape index (κ1) is 18.6. The number of carbonyl (C=O) groups is 2. The van der Waals surface area contributed by atoms with Gasteiger partial charge < -0.3 is 10.1 Å². The van der Waals surface area contributed by atoms with Crippen molar-refractivity contribution in [3.05, 3.63) is 46.0 Å². The smallest absolute Gasteiger partial charge is 0.316 e. The molecule has 0 saturated carbocycles. The number of allylic oxidation sites excluding steroid dienone is 1. The van der Waals surface area contributed by atoms with Crippen molar-refractivity contribution >= 4 is 23.6 Å². The third-order valence-corrected chi connectivity index (χ3v) is 4.82. The second kappa shape index (κ2) is 8.36. The Bertz CT molecular complexity index is 805. The number of ether oxygens (including phenoxy) is 1. The Kier molecular flexibility index (Phi) is 6.21. The summed E-state index contributed by atoms with van der Waals surface area (Å²) in [6.07, 6.45) is 0. The number of hydrogen-bond donors (Lipinski definition) is 1. The number of nitrogens with zero attached hydrogens (tertiary/aromatic N) is 2. The Morgan fingerprint density at radius 3 is 2.68 bits per heavy atom. The number of rotatable bonds is 5. The highest BCUT2D eigenvalue weighted by molar-refractivity contribution is 8.03. The van der Waals surface area contributed by atoms with Gasteiger partial charge in [0.25, 0.3) is 0 Å². The fraction of sp³-hybridized carbons (Fsp3) is 0.333. The molecule has 1 aliphatic heterocycles. The molecule has 0 bridgehead atoms. The summed E-state index contributed by atoms with van der Waals surface area (Å²) in [6.45, 7) is 3.84. The molecule has 1 aromatic carbocycles. The van der Waals surface area contributed by atoms with Crippen molar-refractivity contribution in [3.63, 3.8) is 0 Å². The fourth-order valence-electron chi connectivity index (χ4n) is 2.69. The van der Waals surface area contributed by atoms with Crippen LogP contribution in [0.1, 0.15) is 24.0 Å². The molecule has 0 radical (unpaired) electrons. The van der Waals surface area contributed by atoms with Crippen LogP contribution in [0.25, 0.3) is 0 Å². The first-order valence-corrected chi connectivity index (χ1v) is 8.70. The number of nitriles is 2. The largest absolute Gasteiger partial charge is 0.465 e. The van der Waals surface area contributed by atoms with Gasteiger partial charge in [0.15, 0.2) is 0 Å². The lowest BCUT2D eigenvalue weighted by atomic mass is 9.78. The van der Waals surface area contributed by atoms with Crippen molar-refractivity contribution < 1.29 is 14.3 Å². The third kappa shape index (κ3) is 4.01. The van der Waals surface area contributed by atoms with Crippen LogP contribution in [-0.4, -0.2) is 24.2 Å². The number of nitrogens with one attached hydrogen (secondary N) is 1. The summed E-state index contributed by atoms with van der Waals surface area (Å²) < 4.78 is 4.87. The molecule has 7 heteroatoms. The van der Waals surface area contributed by atoms with Gasteiger partial charge in [0.2, 0.25) is 5.91 Å². The van der Waals surface area contributed by atoms with E-state index >= 15 is 0 Å². The molecule has 2 atom stereocenters. The average molecular weight is 355 g/mol. The molecule has 0 aliphatic carbocycles. The third-order valence-electron chi connectivity index (χ3n) is 3.83. The lowest BCUT2D eigenvalue weighted by Gasteiger charge is -2.29. The Hall–Kier alpha value is -2.77. The molecule has 0 fully saturated rings. The van der Waals surface area contributed by atoms with Crippen molar-refractivity contribution in [1.82, 2.24) is 5.32 Å². The number of benzene rings is 1. The minimum absolute atomic E-state index is 0.0215. The predicted molar refractivity (Wildman–Crippen MR) is 92.9 cm³/mol. The summed E-state index contributed by atoms with van der Waals surface area (Å²) in [4.78, 5) is 23.9. The van der Waals surface area contributed by atoms with Crippen LogP contribution in [0.15, 0.2) is 34.9 Å². The van der Waals surface area contributed by atoms with E-state index < -0.39 is 23.7 Å². The van der Waals surface area contributed by atoms with E-state index in [1.165, 1.54) is 0 Å². The van der Waals surface area contributed by atoms with Gasteiger partial charge in [-0.1, -0.05) is 36.0 Å². The predicted octanol–water partition coefficient (Wildman–Crippen LogP) is 2.38. The van der Waals surface area contributed by atoms with Crippen molar-refractivity contribution in [2.45, 2.75) is 19.8 Å². The first-order valence-electron chi connectivity index (χ1n) is 7.72. The molecule has 1 amide bonds. The van der Waals surface area contributed by atoms with Crippen LogP contribution in [0.3, 0.4) is 0 Å². The molecule has 0 spiro atoms. The summed E-state index contributed by atoms with van der Waals surface area (Å²) in [7, 11) is 0. The molecular weight excluding hydrogens is 338 g/mol. The Balaban J connectivity index is 2.45. The highest BCUT2D eigenvalue weighted by atomic mass is 32.2. The van der Waals surface area contributed by atoms with Gasteiger partial charge in [-0.05, 0) is 25.0 Å². The summed E-state index contributed by atoms with van der Waals surface area (Å²) in [5.41, 5.74) is 1.94. The standard InChI is InChI=1S/C18H17N3O3S/c1-3-24-15(22)10-25-18-14(9-20)16(13(8-19)17(23)21-18)12-7-5-4-6-11(12)2/h4-7,13,16H,3,10H2,1-2H3,(H,21,23)/t13-,16+/m1/s1. The summed E-state index contributed by atoms with van der Waals surface area (Å²) in [5.74, 6) is -2.58. The van der Waals surface area contributed by atoms with Crippen LogP contribution in [0.2, 0.25) is 0 Å². The lowest BCUT2D eigenvalue weighted by Crippen LogP contribution is -2.39. The highest BCUT2D eigenvalue weighted by Crippen LogP contribution is 2.40. The van der Waals surface area contributed by atoms with E-state index in [1.807, 2.05) is 37.3 Å². The van der Waals surface area contributed by atoms with Gasteiger partial charge in [-0.15, -0.1) is 0 Å². The van der Waals surface area contributed by atoms with E-state index in [9.17, 15) is 20.1 Å². The Morgan fingerprint density at radius 2 is 2.08 bits per heavy atom. The van der Waals surface area contributed by atoms with Crippen molar-refractivity contribution in [2.75, 3.05) is 12.4 Å². The molecule has 128 valence electrons. The van der Waals surface area contributed by atoms with Crippen LogP contribution in [-0.2, 0) is 14.3 Å². The molecule has 1 heterocycles. The van der Waals surface area contributed by atoms with E-state index in [4.69, 9.17) is 4.74 Å². The normalized spacial score (nSPS) is 19.6. The zero-order chi connectivity index (χ0) is 18.4. The van der Waals surface area contributed by atoms with E-state index in [-0.39, 0.29) is 17.9 Å². The fourth-order valence-corrected chi connectivity index (χ4v) is 3.53. The zero-order valence-corrected chi connectivity index (χ0v) is 14.7. The van der Waals surface area contributed by atoms with Crippen LogP contribution in [0.5, 0.6) is 0 Å². The molecule has 1 aliphatic rings. The minimum Gasteiger partial charge on any atom is -0.465 e. The van der Waals surface area contributed by atoms with Gasteiger partial charge in [0.1, 0.15) is 5.92 Å². The number of aryl methyl sites for hydroxylation is 1. The summed E-state index contributed by atoms with van der Waals surface area (Å²) >= 11 is 1.04. The topological polar surface area (TPSA) is 103 Å². The average Bonchev–Trinajstić information content (AvgIpc) is 2.60. The molecule has 0 saturated heterocycles. The van der Waals surface area contributed by atoms with E-state index in [0.29, 0.717) is 5.03 Å². The Labute approximate surface area is 150 Å². The number of esters is 1. The van der Waals surface area contributed by atoms with Crippen LogP contribution >= 0.6 is 11.8 Å². The summed E-state index contributed by atoms with van der Waals surface area (Å²) in [5, 5.41) is 22.0. The maximum atomic E-state index is 12.4. The van der Waals surface area contributed by atoms with Gasteiger partial charge in [0, 0.05) is 5.92 Å². The molecule has 25 heavy (non-hydrogen) atoms. The molecule has 2 rings (SSSR count). The van der Waals surface area contributed by atoms with Gasteiger partial charge >= 0.3 is 5.97 Å². The van der Waals surface area contributed by atoms with Crippen LogP contribution in [0.4, 0.5) is 0 Å². The number of amides is 1. The Morgan fingerprint density at radius 1 is 1.36 bits per heavy atom. The zero-order valence-electron chi connectivity index (χ0n) is 13.9. The van der Waals surface area contributed by atoms with Gasteiger partial charge in [-0.25, -0.2) is 0 Å². The number of hydrogen-bond acceptors (Lipinski definition) is 6. The van der Waals surface area contributed by atoms with Crippen molar-refractivity contribution in [2.24, 2.45) is 5.92 Å². The second-order valence-corrected chi connectivity index (χ2v) is 6.36. The van der Waals surface area contributed by atoms with Gasteiger partial charge in [-0.3, -0.25) is 9.59 Å². The number of thioether (sulfide) groups is 1. The molecular formula is C18H17N3O3S. The summed E-state index contributed by atoms with van der Waals surface area (Å²) in [6, 6.07) is 11.5. The molecule has 1 N–H and O–H groups in total. The maximum Gasteiger partial charge on any atom is 0.316 e. The minimum atomic E-state index is -0.998. The van der Waals surface area contributed by atoms with E-state index in [2.05, 4.69) is 11.4 Å². The van der Waals surface area contributed by atoms with Gasteiger partial charge in [-0.2, -0.15) is 10.5 Å². The quantitative estimate of drug-likeness (QED) is 0.814. The monoisotopic (exact) mass is 355 g/mol. The molecule has 0 aromatic heterocycles. The van der Waals surface area contributed by atoms with Crippen LogP contribution < -0.4 is 5.32 Å².